The number of thiophene rings is 1. The molecule has 12 heteroatoms. The molecular formula is C27H29ClN4O6S. The standard InChI is InChI=1S/C27H29ClN4O6S/c1-30(15-22(33)23-5-4-10-38-23)13-19-11-21-26(39-19)25(35)20(14-32(21)16-24(34)31(2)37-3)27(36)29-12-17-6-8-18(28)9-7-17/h4-11,14,22,33H,12-13,15-16H2,1-3H3,(H,29,36). The number of hydroxylamine groups is 2. The summed E-state index contributed by atoms with van der Waals surface area (Å²) in [5.74, 6) is -0.443. The number of benzene rings is 1. The molecule has 2 N–H and O–H groups in total. The highest BCUT2D eigenvalue weighted by Crippen LogP contribution is 2.26. The SMILES string of the molecule is CON(C)C(=O)Cn1cc(C(=O)NCc2ccc(Cl)cc2)c(=O)c2sc(CN(C)CC(O)c3ccco3)cc21. The number of furan rings is 1. The van der Waals surface area contributed by atoms with E-state index in [1.807, 2.05) is 18.0 Å². The molecular weight excluding hydrogens is 544 g/mol. The first-order valence-corrected chi connectivity index (χ1v) is 13.2. The van der Waals surface area contributed by atoms with Crippen molar-refractivity contribution in [2.75, 3.05) is 27.7 Å². The Morgan fingerprint density at radius 1 is 1.23 bits per heavy atom. The Labute approximate surface area is 233 Å². The van der Waals surface area contributed by atoms with Crippen molar-refractivity contribution in [1.29, 1.82) is 0 Å². The third-order valence-electron chi connectivity index (χ3n) is 6.13. The number of aliphatic hydroxyl groups excluding tert-OH is 1. The van der Waals surface area contributed by atoms with Gasteiger partial charge in [0, 0.05) is 42.8 Å². The highest BCUT2D eigenvalue weighted by atomic mass is 35.5. The van der Waals surface area contributed by atoms with Crippen LogP contribution in [0.3, 0.4) is 0 Å². The molecule has 0 aliphatic carbocycles. The van der Waals surface area contributed by atoms with E-state index in [-0.39, 0.29) is 24.6 Å². The zero-order valence-corrected chi connectivity index (χ0v) is 23.3. The summed E-state index contributed by atoms with van der Waals surface area (Å²) in [6.45, 7) is 0.807. The van der Waals surface area contributed by atoms with Crippen LogP contribution in [0.2, 0.25) is 5.02 Å². The Morgan fingerprint density at radius 3 is 2.64 bits per heavy atom. The summed E-state index contributed by atoms with van der Waals surface area (Å²) in [6, 6.07) is 12.3. The molecule has 2 amide bonds. The van der Waals surface area contributed by atoms with Gasteiger partial charge in [-0.05, 0) is 42.9 Å². The molecule has 4 aromatic rings. The smallest absolute Gasteiger partial charge is 0.265 e. The molecule has 0 fully saturated rings. The average molecular weight is 573 g/mol. The second-order valence-corrected chi connectivity index (χ2v) is 10.6. The Morgan fingerprint density at radius 2 is 1.97 bits per heavy atom. The molecule has 0 spiro atoms. The number of halogens is 1. The molecule has 0 aliphatic heterocycles. The summed E-state index contributed by atoms with van der Waals surface area (Å²) in [4.78, 5) is 46.9. The first-order valence-electron chi connectivity index (χ1n) is 12.1. The van der Waals surface area contributed by atoms with Crippen molar-refractivity contribution >= 4 is 45.0 Å². The second-order valence-electron chi connectivity index (χ2n) is 9.04. The number of pyridine rings is 1. The first-order chi connectivity index (χ1) is 18.7. The van der Waals surface area contributed by atoms with E-state index in [0.29, 0.717) is 34.1 Å². The number of fused-ring (bicyclic) bond motifs is 1. The van der Waals surface area contributed by atoms with Crippen molar-refractivity contribution in [3.05, 3.63) is 91.9 Å². The normalized spacial score (nSPS) is 12.2. The highest BCUT2D eigenvalue weighted by molar-refractivity contribution is 7.19. The van der Waals surface area contributed by atoms with Crippen LogP contribution in [0.25, 0.3) is 10.2 Å². The highest BCUT2D eigenvalue weighted by Gasteiger charge is 2.21. The molecule has 10 nitrogen and oxygen atoms in total. The van der Waals surface area contributed by atoms with Crippen molar-refractivity contribution in [1.82, 2.24) is 19.8 Å². The number of amides is 2. The van der Waals surface area contributed by atoms with Crippen molar-refractivity contribution in [3.63, 3.8) is 0 Å². The lowest BCUT2D eigenvalue weighted by Crippen LogP contribution is -2.32. The van der Waals surface area contributed by atoms with Gasteiger partial charge in [-0.1, -0.05) is 23.7 Å². The van der Waals surface area contributed by atoms with Gasteiger partial charge in [0.2, 0.25) is 5.43 Å². The number of aliphatic hydroxyl groups is 1. The number of carbonyl (C=O) groups excluding carboxylic acids is 2. The van der Waals surface area contributed by atoms with E-state index < -0.39 is 17.4 Å². The molecule has 0 aliphatic rings. The van der Waals surface area contributed by atoms with Crippen molar-refractivity contribution in [2.45, 2.75) is 25.7 Å². The number of aromatic nitrogens is 1. The predicted molar refractivity (Wildman–Crippen MR) is 148 cm³/mol. The number of nitrogens with zero attached hydrogens (tertiary/aromatic N) is 3. The van der Waals surface area contributed by atoms with Crippen LogP contribution < -0.4 is 10.7 Å². The fraction of sp³-hybridized carbons (Fsp3) is 0.296. The van der Waals surface area contributed by atoms with Gasteiger partial charge in [0.05, 0.1) is 23.6 Å². The van der Waals surface area contributed by atoms with Crippen LogP contribution in [-0.4, -0.2) is 59.2 Å². The molecule has 3 aromatic heterocycles. The zero-order valence-electron chi connectivity index (χ0n) is 21.7. The third kappa shape index (κ3) is 6.94. The first kappa shape index (κ1) is 28.5. The number of rotatable bonds is 11. The summed E-state index contributed by atoms with van der Waals surface area (Å²) in [6.07, 6.45) is 2.10. The summed E-state index contributed by atoms with van der Waals surface area (Å²) in [5.41, 5.74) is 0.868. The van der Waals surface area contributed by atoms with Crippen molar-refractivity contribution in [2.24, 2.45) is 0 Å². The molecule has 0 bridgehead atoms. The topological polar surface area (TPSA) is 117 Å². The summed E-state index contributed by atoms with van der Waals surface area (Å²) < 4.78 is 7.22. The Bertz CT molecular complexity index is 1500. The maximum absolute atomic E-state index is 13.4. The van der Waals surface area contributed by atoms with E-state index in [2.05, 4.69) is 5.32 Å². The quantitative estimate of drug-likeness (QED) is 0.264. The lowest BCUT2D eigenvalue weighted by Gasteiger charge is -2.18. The van der Waals surface area contributed by atoms with Gasteiger partial charge in [-0.3, -0.25) is 24.1 Å². The van der Waals surface area contributed by atoms with Gasteiger partial charge in [-0.15, -0.1) is 11.3 Å². The molecule has 0 saturated heterocycles. The molecule has 39 heavy (non-hydrogen) atoms. The van der Waals surface area contributed by atoms with E-state index in [1.54, 1.807) is 41.0 Å². The van der Waals surface area contributed by atoms with Crippen LogP contribution in [-0.2, 0) is 29.3 Å². The summed E-state index contributed by atoms with van der Waals surface area (Å²) in [7, 11) is 4.71. The number of hydrogen-bond acceptors (Lipinski definition) is 8. The third-order valence-corrected chi connectivity index (χ3v) is 7.49. The van der Waals surface area contributed by atoms with Crippen LogP contribution in [0.4, 0.5) is 0 Å². The van der Waals surface area contributed by atoms with Gasteiger partial charge in [0.1, 0.15) is 24.0 Å². The van der Waals surface area contributed by atoms with Crippen molar-refractivity contribution < 1.29 is 24.0 Å². The van der Waals surface area contributed by atoms with E-state index in [9.17, 15) is 19.5 Å². The van der Waals surface area contributed by atoms with E-state index in [1.165, 1.54) is 38.0 Å². The van der Waals surface area contributed by atoms with Crippen LogP contribution in [0.15, 0.2) is 64.1 Å². The van der Waals surface area contributed by atoms with E-state index in [0.717, 1.165) is 15.5 Å². The minimum Gasteiger partial charge on any atom is -0.467 e. The monoisotopic (exact) mass is 572 g/mol. The molecule has 0 saturated carbocycles. The fourth-order valence-corrected chi connectivity index (χ4v) is 5.33. The minimum atomic E-state index is -0.808. The number of carbonyl (C=O) groups is 2. The van der Waals surface area contributed by atoms with Gasteiger partial charge < -0.3 is 19.4 Å². The number of nitrogens with one attached hydrogen (secondary N) is 1. The molecule has 206 valence electrons. The second kappa shape index (κ2) is 12.6. The summed E-state index contributed by atoms with van der Waals surface area (Å²) in [5, 5.41) is 14.9. The zero-order chi connectivity index (χ0) is 28.1. The van der Waals surface area contributed by atoms with Gasteiger partial charge in [-0.25, -0.2) is 5.06 Å². The minimum absolute atomic E-state index is 0.0701. The van der Waals surface area contributed by atoms with E-state index in [4.69, 9.17) is 20.9 Å². The van der Waals surface area contributed by atoms with Crippen molar-refractivity contribution in [3.8, 4) is 0 Å². The average Bonchev–Trinajstić information content (AvgIpc) is 3.60. The molecule has 3 heterocycles. The largest absolute Gasteiger partial charge is 0.467 e. The lowest BCUT2D eigenvalue weighted by atomic mass is 10.2. The van der Waals surface area contributed by atoms with Crippen LogP contribution in [0.5, 0.6) is 0 Å². The molecule has 0 radical (unpaired) electrons. The van der Waals surface area contributed by atoms with Gasteiger partial charge >= 0.3 is 0 Å². The van der Waals surface area contributed by atoms with Crippen LogP contribution >= 0.6 is 22.9 Å². The Hall–Kier alpha value is -3.48. The van der Waals surface area contributed by atoms with Gasteiger partial charge in [0.25, 0.3) is 11.8 Å². The molecule has 1 aromatic carbocycles. The van der Waals surface area contributed by atoms with Crippen LogP contribution in [0, 0.1) is 0 Å². The summed E-state index contributed by atoms with van der Waals surface area (Å²) >= 11 is 7.18. The Kier molecular flexibility index (Phi) is 9.20. The fourth-order valence-electron chi connectivity index (χ4n) is 4.01. The van der Waals surface area contributed by atoms with Crippen LogP contribution in [0.1, 0.15) is 32.7 Å². The predicted octanol–water partition coefficient (Wildman–Crippen LogP) is 3.42. The maximum atomic E-state index is 13.4. The maximum Gasteiger partial charge on any atom is 0.265 e. The van der Waals surface area contributed by atoms with Gasteiger partial charge in [0.15, 0.2) is 0 Å². The van der Waals surface area contributed by atoms with E-state index >= 15 is 0 Å². The van der Waals surface area contributed by atoms with Gasteiger partial charge in [-0.2, -0.15) is 0 Å². The molecule has 1 unspecified atom stereocenters. The Balaban J connectivity index is 1.61. The lowest BCUT2D eigenvalue weighted by molar-refractivity contribution is -0.169. The number of likely N-dealkylation sites (N-methyl/N-ethyl adjacent to an activating group) is 2. The number of hydrogen-bond donors (Lipinski definition) is 2. The molecule has 1 atom stereocenters. The molecule has 4 rings (SSSR count).